The Bertz CT molecular complexity index is 364. The third-order valence-electron chi connectivity index (χ3n) is 3.14. The van der Waals surface area contributed by atoms with Gasteiger partial charge in [0.1, 0.15) is 0 Å². The Labute approximate surface area is 109 Å². The standard InChI is InChI=1S/C14H23N3O/c1-4-18-14-6-5-13(9-15-14)17-8-7-12(10-17)16-11(2)3/h5-6,9,11-12,16H,4,7-8,10H2,1-3H3. The second-order valence-corrected chi connectivity index (χ2v) is 5.04. The lowest BCUT2D eigenvalue weighted by Crippen LogP contribution is -2.37. The molecule has 4 nitrogen and oxygen atoms in total. The fourth-order valence-corrected chi connectivity index (χ4v) is 2.40. The molecule has 1 aromatic rings. The topological polar surface area (TPSA) is 37.4 Å². The molecule has 1 aliphatic heterocycles. The highest BCUT2D eigenvalue weighted by Gasteiger charge is 2.22. The summed E-state index contributed by atoms with van der Waals surface area (Å²) in [7, 11) is 0. The summed E-state index contributed by atoms with van der Waals surface area (Å²) in [6.07, 6.45) is 3.11. The smallest absolute Gasteiger partial charge is 0.213 e. The summed E-state index contributed by atoms with van der Waals surface area (Å²) in [5, 5.41) is 3.59. The van der Waals surface area contributed by atoms with Gasteiger partial charge >= 0.3 is 0 Å². The molecule has 1 fully saturated rings. The molecule has 0 aliphatic carbocycles. The van der Waals surface area contributed by atoms with Gasteiger partial charge in [0.15, 0.2) is 0 Å². The molecule has 0 spiro atoms. The van der Waals surface area contributed by atoms with Crippen molar-refractivity contribution in [3.8, 4) is 5.88 Å². The van der Waals surface area contributed by atoms with Gasteiger partial charge in [-0.1, -0.05) is 13.8 Å². The lowest BCUT2D eigenvalue weighted by Gasteiger charge is -2.20. The molecular weight excluding hydrogens is 226 g/mol. The van der Waals surface area contributed by atoms with Gasteiger partial charge in [0.05, 0.1) is 18.5 Å². The van der Waals surface area contributed by atoms with Crippen LogP contribution < -0.4 is 15.0 Å². The summed E-state index contributed by atoms with van der Waals surface area (Å²) in [4.78, 5) is 6.69. The van der Waals surface area contributed by atoms with Gasteiger partial charge in [0, 0.05) is 31.2 Å². The second kappa shape index (κ2) is 6.05. The van der Waals surface area contributed by atoms with Crippen molar-refractivity contribution in [3.63, 3.8) is 0 Å². The molecule has 0 aromatic carbocycles. The van der Waals surface area contributed by atoms with Crippen molar-refractivity contribution in [2.75, 3.05) is 24.6 Å². The summed E-state index contributed by atoms with van der Waals surface area (Å²) < 4.78 is 5.36. The van der Waals surface area contributed by atoms with E-state index in [2.05, 4.69) is 35.1 Å². The molecule has 2 heterocycles. The number of hydrogen-bond acceptors (Lipinski definition) is 4. The van der Waals surface area contributed by atoms with E-state index in [0.717, 1.165) is 13.1 Å². The van der Waals surface area contributed by atoms with Crippen molar-refractivity contribution in [2.24, 2.45) is 0 Å². The molecule has 2 rings (SSSR count). The first kappa shape index (κ1) is 13.1. The predicted octanol–water partition coefficient (Wildman–Crippen LogP) is 2.06. The quantitative estimate of drug-likeness (QED) is 0.866. The highest BCUT2D eigenvalue weighted by Crippen LogP contribution is 2.21. The van der Waals surface area contributed by atoms with Crippen LogP contribution in [0.3, 0.4) is 0 Å². The average molecular weight is 249 g/mol. The zero-order valence-electron chi connectivity index (χ0n) is 11.5. The minimum absolute atomic E-state index is 0.549. The Hall–Kier alpha value is -1.29. The van der Waals surface area contributed by atoms with E-state index in [0.29, 0.717) is 24.6 Å². The predicted molar refractivity (Wildman–Crippen MR) is 74.3 cm³/mol. The molecular formula is C14H23N3O. The van der Waals surface area contributed by atoms with E-state index >= 15 is 0 Å². The molecule has 1 saturated heterocycles. The van der Waals surface area contributed by atoms with E-state index < -0.39 is 0 Å². The summed E-state index contributed by atoms with van der Waals surface area (Å²) in [5.41, 5.74) is 1.19. The van der Waals surface area contributed by atoms with Crippen LogP contribution in [0.4, 0.5) is 5.69 Å². The van der Waals surface area contributed by atoms with Crippen molar-refractivity contribution in [1.82, 2.24) is 10.3 Å². The zero-order chi connectivity index (χ0) is 13.0. The Balaban J connectivity index is 1.92. The van der Waals surface area contributed by atoms with Crippen molar-refractivity contribution in [3.05, 3.63) is 18.3 Å². The lowest BCUT2D eigenvalue weighted by atomic mass is 10.2. The largest absolute Gasteiger partial charge is 0.478 e. The third-order valence-corrected chi connectivity index (χ3v) is 3.14. The number of pyridine rings is 1. The van der Waals surface area contributed by atoms with E-state index in [4.69, 9.17) is 4.74 Å². The van der Waals surface area contributed by atoms with Gasteiger partial charge in [-0.05, 0) is 19.4 Å². The molecule has 1 unspecified atom stereocenters. The number of rotatable bonds is 5. The SMILES string of the molecule is CCOc1ccc(N2CCC(NC(C)C)C2)cn1. The van der Waals surface area contributed by atoms with Gasteiger partial charge in [-0.25, -0.2) is 4.98 Å². The number of hydrogen-bond donors (Lipinski definition) is 1. The highest BCUT2D eigenvalue weighted by atomic mass is 16.5. The molecule has 4 heteroatoms. The number of ether oxygens (including phenoxy) is 1. The van der Waals surface area contributed by atoms with Crippen LogP contribution in [0.15, 0.2) is 18.3 Å². The molecule has 1 N–H and O–H groups in total. The number of nitrogens with zero attached hydrogens (tertiary/aromatic N) is 2. The molecule has 1 aliphatic rings. The number of aromatic nitrogens is 1. The highest BCUT2D eigenvalue weighted by molar-refractivity contribution is 5.46. The van der Waals surface area contributed by atoms with Crippen molar-refractivity contribution < 1.29 is 4.74 Å². The molecule has 0 radical (unpaired) electrons. The Morgan fingerprint density at radius 2 is 2.33 bits per heavy atom. The third kappa shape index (κ3) is 3.35. The fourth-order valence-electron chi connectivity index (χ4n) is 2.40. The van der Waals surface area contributed by atoms with Crippen LogP contribution in [0.2, 0.25) is 0 Å². The van der Waals surface area contributed by atoms with E-state index in [-0.39, 0.29) is 0 Å². The van der Waals surface area contributed by atoms with Crippen molar-refractivity contribution in [2.45, 2.75) is 39.3 Å². The first-order valence-electron chi connectivity index (χ1n) is 6.79. The normalized spacial score (nSPS) is 19.6. The minimum atomic E-state index is 0.549. The zero-order valence-corrected chi connectivity index (χ0v) is 11.5. The fraction of sp³-hybridized carbons (Fsp3) is 0.643. The Morgan fingerprint density at radius 3 is 2.94 bits per heavy atom. The maximum Gasteiger partial charge on any atom is 0.213 e. The van der Waals surface area contributed by atoms with Crippen LogP contribution in [-0.2, 0) is 0 Å². The maximum atomic E-state index is 5.36. The van der Waals surface area contributed by atoms with Gasteiger partial charge in [0.25, 0.3) is 0 Å². The van der Waals surface area contributed by atoms with Crippen LogP contribution in [0.5, 0.6) is 5.88 Å². The Kier molecular flexibility index (Phi) is 4.42. The van der Waals surface area contributed by atoms with Crippen LogP contribution >= 0.6 is 0 Å². The molecule has 1 aromatic heterocycles. The summed E-state index contributed by atoms with van der Waals surface area (Å²) >= 11 is 0. The van der Waals surface area contributed by atoms with Crippen LogP contribution in [0, 0.1) is 0 Å². The summed E-state index contributed by atoms with van der Waals surface area (Å²) in [5.74, 6) is 0.706. The molecule has 0 saturated carbocycles. The molecule has 1 atom stereocenters. The molecule has 0 amide bonds. The number of anilines is 1. The van der Waals surface area contributed by atoms with Gasteiger partial charge in [-0.3, -0.25) is 0 Å². The van der Waals surface area contributed by atoms with Gasteiger partial charge in [-0.15, -0.1) is 0 Å². The van der Waals surface area contributed by atoms with Gasteiger partial charge < -0.3 is 15.0 Å². The van der Waals surface area contributed by atoms with Crippen LogP contribution in [0.25, 0.3) is 0 Å². The average Bonchev–Trinajstić information content (AvgIpc) is 2.78. The van der Waals surface area contributed by atoms with E-state index in [1.165, 1.54) is 12.1 Å². The van der Waals surface area contributed by atoms with E-state index in [1.807, 2.05) is 19.2 Å². The van der Waals surface area contributed by atoms with E-state index in [9.17, 15) is 0 Å². The van der Waals surface area contributed by atoms with Crippen molar-refractivity contribution in [1.29, 1.82) is 0 Å². The van der Waals surface area contributed by atoms with Crippen molar-refractivity contribution >= 4 is 5.69 Å². The minimum Gasteiger partial charge on any atom is -0.478 e. The molecule has 0 bridgehead atoms. The monoisotopic (exact) mass is 249 g/mol. The van der Waals surface area contributed by atoms with Gasteiger partial charge in [0.2, 0.25) is 5.88 Å². The van der Waals surface area contributed by atoms with Crippen LogP contribution in [-0.4, -0.2) is 36.8 Å². The number of nitrogens with one attached hydrogen (secondary N) is 1. The lowest BCUT2D eigenvalue weighted by molar-refractivity contribution is 0.327. The van der Waals surface area contributed by atoms with Crippen LogP contribution in [0.1, 0.15) is 27.2 Å². The summed E-state index contributed by atoms with van der Waals surface area (Å²) in [6.45, 7) is 9.19. The first-order valence-corrected chi connectivity index (χ1v) is 6.79. The summed E-state index contributed by atoms with van der Waals surface area (Å²) in [6, 6.07) is 5.18. The second-order valence-electron chi connectivity index (χ2n) is 5.04. The Morgan fingerprint density at radius 1 is 1.50 bits per heavy atom. The first-order chi connectivity index (χ1) is 8.69. The maximum absolute atomic E-state index is 5.36. The van der Waals surface area contributed by atoms with Gasteiger partial charge in [-0.2, -0.15) is 0 Å². The molecule has 18 heavy (non-hydrogen) atoms. The molecule has 100 valence electrons. The van der Waals surface area contributed by atoms with E-state index in [1.54, 1.807) is 0 Å².